The molecule has 0 bridgehead atoms. The molecule has 0 aliphatic heterocycles. The normalized spacial score (nSPS) is 11.2. The highest BCUT2D eigenvalue weighted by Gasteiger charge is 2.13. The summed E-state index contributed by atoms with van der Waals surface area (Å²) in [6.45, 7) is 10.6. The van der Waals surface area contributed by atoms with Crippen molar-refractivity contribution in [3.8, 4) is 0 Å². The Bertz CT molecular complexity index is 180. The van der Waals surface area contributed by atoms with Gasteiger partial charge in [0, 0.05) is 24.8 Å². The molecule has 3 heteroatoms. The molecule has 0 fully saturated rings. The van der Waals surface area contributed by atoms with Gasteiger partial charge in [0.15, 0.2) is 0 Å². The van der Waals surface area contributed by atoms with Gasteiger partial charge in [0.25, 0.3) is 0 Å². The van der Waals surface area contributed by atoms with E-state index in [1.165, 1.54) is 0 Å². The van der Waals surface area contributed by atoms with Gasteiger partial charge in [0.05, 0.1) is 0 Å². The van der Waals surface area contributed by atoms with Crippen LogP contribution in [-0.2, 0) is 4.79 Å². The van der Waals surface area contributed by atoms with E-state index in [4.69, 9.17) is 0 Å². The molecular weight excluding hydrogens is 266 g/mol. The van der Waals surface area contributed by atoms with Crippen LogP contribution >= 0.6 is 15.9 Å². The smallest absolute Gasteiger partial charge is 0.223 e. The zero-order valence-corrected chi connectivity index (χ0v) is 12.7. The lowest BCUT2D eigenvalue weighted by atomic mass is 10.1. The summed E-state index contributed by atoms with van der Waals surface area (Å²) in [7, 11) is 0. The molecule has 0 atom stereocenters. The monoisotopic (exact) mass is 291 g/mol. The average Bonchev–Trinajstić information content (AvgIpc) is 2.17. The molecular formula is C13H26BrNO. The summed E-state index contributed by atoms with van der Waals surface area (Å²) in [4.78, 5) is 13.9. The maximum Gasteiger partial charge on any atom is 0.223 e. The van der Waals surface area contributed by atoms with E-state index in [2.05, 4.69) is 43.6 Å². The van der Waals surface area contributed by atoms with E-state index >= 15 is 0 Å². The third-order valence-corrected chi connectivity index (χ3v) is 3.01. The molecule has 0 aliphatic rings. The molecule has 0 aliphatic carbocycles. The second-order valence-electron chi connectivity index (χ2n) is 5.18. The molecule has 0 saturated carbocycles. The molecule has 0 aromatic carbocycles. The number of rotatable bonds is 8. The number of amides is 1. The van der Waals surface area contributed by atoms with Crippen LogP contribution in [0.2, 0.25) is 0 Å². The Balaban J connectivity index is 4.09. The van der Waals surface area contributed by atoms with E-state index in [1.54, 1.807) is 0 Å². The van der Waals surface area contributed by atoms with E-state index in [1.807, 2.05) is 4.90 Å². The Morgan fingerprint density at radius 2 is 1.50 bits per heavy atom. The van der Waals surface area contributed by atoms with E-state index < -0.39 is 0 Å². The van der Waals surface area contributed by atoms with Crippen molar-refractivity contribution in [2.75, 3.05) is 18.4 Å². The summed E-state index contributed by atoms with van der Waals surface area (Å²) in [5.74, 6) is 1.62. The molecule has 0 saturated heterocycles. The Morgan fingerprint density at radius 1 is 1.06 bits per heavy atom. The van der Waals surface area contributed by atoms with Gasteiger partial charge < -0.3 is 4.90 Å². The molecule has 0 aromatic heterocycles. The molecule has 16 heavy (non-hydrogen) atoms. The Labute approximate surface area is 109 Å². The molecule has 1 amide bonds. The second kappa shape index (κ2) is 9.03. The molecule has 96 valence electrons. The molecule has 2 nitrogen and oxygen atoms in total. The van der Waals surface area contributed by atoms with Crippen molar-refractivity contribution in [1.82, 2.24) is 4.90 Å². The summed E-state index contributed by atoms with van der Waals surface area (Å²) in [5, 5.41) is 0.770. The van der Waals surface area contributed by atoms with Crippen LogP contribution in [0.5, 0.6) is 0 Å². The number of hydrogen-bond donors (Lipinski definition) is 0. The van der Waals surface area contributed by atoms with E-state index in [0.717, 1.165) is 31.3 Å². The quantitative estimate of drug-likeness (QED) is 0.625. The number of carbonyl (C=O) groups is 1. The summed E-state index contributed by atoms with van der Waals surface area (Å²) < 4.78 is 0. The Morgan fingerprint density at radius 3 is 1.81 bits per heavy atom. The van der Waals surface area contributed by atoms with Crippen molar-refractivity contribution in [3.63, 3.8) is 0 Å². The van der Waals surface area contributed by atoms with Gasteiger partial charge in [-0.15, -0.1) is 0 Å². The lowest BCUT2D eigenvalue weighted by Crippen LogP contribution is -2.34. The maximum atomic E-state index is 11.9. The Kier molecular flexibility index (Phi) is 9.00. The van der Waals surface area contributed by atoms with E-state index in [-0.39, 0.29) is 5.91 Å². The number of nitrogens with zero attached hydrogens (tertiary/aromatic N) is 1. The minimum Gasteiger partial charge on any atom is -0.343 e. The number of halogens is 1. The zero-order chi connectivity index (χ0) is 12.6. The van der Waals surface area contributed by atoms with Gasteiger partial charge in [-0.1, -0.05) is 43.6 Å². The first-order chi connectivity index (χ1) is 7.47. The van der Waals surface area contributed by atoms with Crippen molar-refractivity contribution in [3.05, 3.63) is 0 Å². The largest absolute Gasteiger partial charge is 0.343 e. The first-order valence-electron chi connectivity index (χ1n) is 6.31. The zero-order valence-electron chi connectivity index (χ0n) is 11.1. The van der Waals surface area contributed by atoms with Crippen molar-refractivity contribution in [2.45, 2.75) is 47.0 Å². The fourth-order valence-electron chi connectivity index (χ4n) is 1.43. The highest BCUT2D eigenvalue weighted by molar-refractivity contribution is 9.09. The minimum atomic E-state index is 0.290. The molecule has 0 rings (SSSR count). The van der Waals surface area contributed by atoms with Crippen LogP contribution < -0.4 is 0 Å². The molecule has 0 radical (unpaired) electrons. The lowest BCUT2D eigenvalue weighted by Gasteiger charge is -2.24. The van der Waals surface area contributed by atoms with Crippen LogP contribution in [0.1, 0.15) is 47.0 Å². The molecule has 0 unspecified atom stereocenters. The predicted molar refractivity (Wildman–Crippen MR) is 73.9 cm³/mol. The van der Waals surface area contributed by atoms with E-state index in [9.17, 15) is 4.79 Å². The van der Waals surface area contributed by atoms with Crippen LogP contribution in [0.25, 0.3) is 0 Å². The fraction of sp³-hybridized carbons (Fsp3) is 0.923. The van der Waals surface area contributed by atoms with Crippen molar-refractivity contribution < 1.29 is 4.79 Å². The van der Waals surface area contributed by atoms with Gasteiger partial charge in [-0.3, -0.25) is 4.79 Å². The second-order valence-corrected chi connectivity index (χ2v) is 5.98. The SMILES string of the molecule is CC(C)CCN(CCC(C)C)C(=O)CCBr. The average molecular weight is 292 g/mol. The van der Waals surface area contributed by atoms with Crippen LogP contribution in [0.3, 0.4) is 0 Å². The maximum absolute atomic E-state index is 11.9. The predicted octanol–water partition coefficient (Wildman–Crippen LogP) is 3.69. The lowest BCUT2D eigenvalue weighted by molar-refractivity contribution is -0.131. The van der Waals surface area contributed by atoms with E-state index in [0.29, 0.717) is 18.3 Å². The van der Waals surface area contributed by atoms with Crippen LogP contribution in [-0.4, -0.2) is 29.2 Å². The van der Waals surface area contributed by atoms with Crippen LogP contribution in [0, 0.1) is 11.8 Å². The summed E-state index contributed by atoms with van der Waals surface area (Å²) in [5.41, 5.74) is 0. The number of alkyl halides is 1. The highest BCUT2D eigenvalue weighted by Crippen LogP contribution is 2.08. The number of carbonyl (C=O) groups excluding carboxylic acids is 1. The third-order valence-electron chi connectivity index (χ3n) is 2.61. The highest BCUT2D eigenvalue weighted by atomic mass is 79.9. The third kappa shape index (κ3) is 8.14. The van der Waals surface area contributed by atoms with Gasteiger partial charge in [-0.05, 0) is 24.7 Å². The van der Waals surface area contributed by atoms with Crippen molar-refractivity contribution >= 4 is 21.8 Å². The van der Waals surface area contributed by atoms with Crippen LogP contribution in [0.15, 0.2) is 0 Å². The van der Waals surface area contributed by atoms with Gasteiger partial charge in [0.1, 0.15) is 0 Å². The van der Waals surface area contributed by atoms with Gasteiger partial charge in [-0.25, -0.2) is 0 Å². The standard InChI is InChI=1S/C13H26BrNO/c1-11(2)6-9-15(10-7-12(3)4)13(16)5-8-14/h11-12H,5-10H2,1-4H3. The summed E-state index contributed by atoms with van der Waals surface area (Å²) >= 11 is 3.33. The summed E-state index contributed by atoms with van der Waals surface area (Å²) in [6.07, 6.45) is 2.83. The van der Waals surface area contributed by atoms with Crippen molar-refractivity contribution in [1.29, 1.82) is 0 Å². The van der Waals surface area contributed by atoms with Crippen LogP contribution in [0.4, 0.5) is 0 Å². The van der Waals surface area contributed by atoms with Gasteiger partial charge in [0.2, 0.25) is 5.91 Å². The number of hydrogen-bond acceptors (Lipinski definition) is 1. The fourth-order valence-corrected chi connectivity index (χ4v) is 1.77. The summed E-state index contributed by atoms with van der Waals surface area (Å²) in [6, 6.07) is 0. The molecule has 0 N–H and O–H groups in total. The van der Waals surface area contributed by atoms with Gasteiger partial charge >= 0.3 is 0 Å². The topological polar surface area (TPSA) is 20.3 Å². The molecule has 0 spiro atoms. The Hall–Kier alpha value is -0.0500. The molecule has 0 aromatic rings. The van der Waals surface area contributed by atoms with Gasteiger partial charge in [-0.2, -0.15) is 0 Å². The van der Waals surface area contributed by atoms with Crippen molar-refractivity contribution in [2.24, 2.45) is 11.8 Å². The minimum absolute atomic E-state index is 0.290. The molecule has 0 heterocycles. The first-order valence-corrected chi connectivity index (χ1v) is 7.43. The first kappa shape index (κ1) is 16.0.